The van der Waals surface area contributed by atoms with Gasteiger partial charge in [0.15, 0.2) is 0 Å². The molecule has 310 valence electrons. The molecule has 0 radical (unpaired) electrons. The minimum atomic E-state index is -0.210. The van der Waals surface area contributed by atoms with Crippen LogP contribution >= 0.6 is 11.8 Å². The van der Waals surface area contributed by atoms with Gasteiger partial charge < -0.3 is 14.1 Å². The van der Waals surface area contributed by atoms with Crippen LogP contribution in [0, 0.1) is 6.92 Å². The minimum Gasteiger partial charge on any atom is -0.455 e. The molecule has 0 bridgehead atoms. The largest absolute Gasteiger partial charge is 0.455 e. The fourth-order valence-electron chi connectivity index (χ4n) is 12.5. The Balaban J connectivity index is 1.21. The lowest BCUT2D eigenvalue weighted by Gasteiger charge is -2.45. The summed E-state index contributed by atoms with van der Waals surface area (Å²) >= 11 is 1.83. The quantitative estimate of drug-likeness (QED) is 0.153. The summed E-state index contributed by atoms with van der Waals surface area (Å²) < 4.78 is 9.65. The number of ether oxygens (including phenoxy) is 1. The highest BCUT2D eigenvalue weighted by Crippen LogP contribution is 2.59. The van der Waals surface area contributed by atoms with Gasteiger partial charge in [-0.25, -0.2) is 0 Å². The number of nitrogens with zero attached hydrogens (tertiary/aromatic N) is 2. The van der Waals surface area contributed by atoms with E-state index in [9.17, 15) is 0 Å². The maximum absolute atomic E-state index is 6.93. The summed E-state index contributed by atoms with van der Waals surface area (Å²) in [5, 5.41) is 2.65. The number of benzene rings is 7. The van der Waals surface area contributed by atoms with Crippen LogP contribution in [0.5, 0.6) is 11.5 Å². The predicted octanol–water partition coefficient (Wildman–Crippen LogP) is 14.7. The number of hydrogen-bond acceptors (Lipinski definition) is 3. The van der Waals surface area contributed by atoms with Crippen molar-refractivity contribution < 1.29 is 4.74 Å². The minimum absolute atomic E-state index is 0.0198. The Morgan fingerprint density at radius 2 is 1.35 bits per heavy atom. The molecule has 4 heterocycles. The van der Waals surface area contributed by atoms with Crippen molar-refractivity contribution in [3.8, 4) is 33.8 Å². The third-order valence-electron chi connectivity index (χ3n) is 15.9. The van der Waals surface area contributed by atoms with E-state index in [0.717, 1.165) is 21.3 Å². The number of para-hydroxylation sites is 2. The van der Waals surface area contributed by atoms with E-state index in [1.165, 1.54) is 118 Å². The SMILES string of the molecule is Cc1cc2c(cc1N1c3cc4c(cc3B3c5c1cc1c(c5-c5cccc6c7cc(C(C)(C)C)ccc7n3c56)C(C)(C)c3ccccc3-1)Oc1ccccc1S4)C(C)(C)CCC2(C)C. The van der Waals surface area contributed by atoms with Gasteiger partial charge >= 0.3 is 6.85 Å². The molecule has 5 heteroatoms. The Labute approximate surface area is 376 Å². The van der Waals surface area contributed by atoms with Gasteiger partial charge in [0.05, 0.1) is 9.79 Å². The summed E-state index contributed by atoms with van der Waals surface area (Å²) in [6.45, 7) is 24.0. The van der Waals surface area contributed by atoms with Gasteiger partial charge in [0, 0.05) is 49.8 Å². The lowest BCUT2D eigenvalue weighted by molar-refractivity contribution is 0.332. The van der Waals surface area contributed by atoms with E-state index in [0.29, 0.717) is 0 Å². The Hall–Kier alpha value is -5.65. The third-order valence-corrected chi connectivity index (χ3v) is 17.0. The Morgan fingerprint density at radius 1 is 0.619 bits per heavy atom. The number of fused-ring (bicyclic) bond motifs is 14. The molecular formula is C58H53BN2OS. The smallest absolute Gasteiger partial charge is 0.333 e. The lowest BCUT2D eigenvalue weighted by Crippen LogP contribution is -2.57. The molecular weight excluding hydrogens is 784 g/mol. The van der Waals surface area contributed by atoms with Crippen LogP contribution in [0.15, 0.2) is 125 Å². The van der Waals surface area contributed by atoms with Crippen molar-refractivity contribution in [3.63, 3.8) is 0 Å². The Bertz CT molecular complexity index is 3400. The van der Waals surface area contributed by atoms with Gasteiger partial charge in [-0.1, -0.05) is 141 Å². The molecule has 0 saturated carbocycles. The van der Waals surface area contributed by atoms with Crippen LogP contribution in [0.1, 0.15) is 109 Å². The summed E-state index contributed by atoms with van der Waals surface area (Å²) in [6, 6.07) is 44.7. The summed E-state index contributed by atoms with van der Waals surface area (Å²) in [4.78, 5) is 4.99. The molecule has 1 aromatic heterocycles. The molecule has 0 atom stereocenters. The van der Waals surface area contributed by atoms with Crippen LogP contribution in [0.25, 0.3) is 44.1 Å². The van der Waals surface area contributed by atoms with Crippen molar-refractivity contribution >= 4 is 68.4 Å². The van der Waals surface area contributed by atoms with E-state index in [1.54, 1.807) is 0 Å². The van der Waals surface area contributed by atoms with Gasteiger partial charge in [-0.15, -0.1) is 0 Å². The standard InChI is InChI=1S/C58H53BN2OS/c1-32-26-40-41(57(7,8)25-24-56(40,5)6)29-44(32)60-45-31-50-48(62-47-20-13-14-21-49(47)63-50)30-42(45)59-53-46(60)28-38-34-16-11-12-19-39(34)58(9,10)52(38)51(53)36-18-15-17-35-37-27-33(55(2,3)4)22-23-43(37)61(59)54(35)36/h11-23,26-31H,24-25H2,1-10H3. The van der Waals surface area contributed by atoms with Crippen molar-refractivity contribution in [2.75, 3.05) is 4.90 Å². The molecule has 0 saturated heterocycles. The second kappa shape index (κ2) is 12.1. The van der Waals surface area contributed by atoms with Gasteiger partial charge in [0.2, 0.25) is 0 Å². The molecule has 3 aliphatic heterocycles. The zero-order valence-electron chi connectivity index (χ0n) is 38.2. The van der Waals surface area contributed by atoms with Crippen molar-refractivity contribution in [1.82, 2.24) is 4.48 Å². The molecule has 3 nitrogen and oxygen atoms in total. The van der Waals surface area contributed by atoms with Crippen LogP contribution in [0.4, 0.5) is 17.1 Å². The number of rotatable bonds is 1. The molecule has 8 aromatic rings. The van der Waals surface area contributed by atoms with Crippen LogP contribution in [0.3, 0.4) is 0 Å². The number of hydrogen-bond donors (Lipinski definition) is 0. The first kappa shape index (κ1) is 37.9. The predicted molar refractivity (Wildman–Crippen MR) is 267 cm³/mol. The zero-order chi connectivity index (χ0) is 43.3. The molecule has 2 aliphatic carbocycles. The summed E-state index contributed by atoms with van der Waals surface area (Å²) in [7, 11) is 0. The Kier molecular flexibility index (Phi) is 7.29. The maximum Gasteiger partial charge on any atom is 0.333 e. The molecule has 13 rings (SSSR count). The number of aryl methyl sites for hydroxylation is 1. The van der Waals surface area contributed by atoms with Gasteiger partial charge in [-0.2, -0.15) is 0 Å². The molecule has 0 spiro atoms. The number of aromatic nitrogens is 1. The zero-order valence-corrected chi connectivity index (χ0v) is 39.0. The maximum atomic E-state index is 6.93. The molecule has 7 aromatic carbocycles. The fraction of sp³-hybridized carbons (Fsp3) is 0.276. The first-order valence-corrected chi connectivity index (χ1v) is 23.8. The van der Waals surface area contributed by atoms with E-state index in [2.05, 4.69) is 194 Å². The highest BCUT2D eigenvalue weighted by molar-refractivity contribution is 7.99. The highest BCUT2D eigenvalue weighted by Gasteiger charge is 2.49. The van der Waals surface area contributed by atoms with Gasteiger partial charge in [-0.3, -0.25) is 0 Å². The van der Waals surface area contributed by atoms with E-state index in [-0.39, 0.29) is 28.5 Å². The fourth-order valence-corrected chi connectivity index (χ4v) is 13.4. The Morgan fingerprint density at radius 3 is 2.14 bits per heavy atom. The molecule has 0 N–H and O–H groups in total. The van der Waals surface area contributed by atoms with Crippen LogP contribution in [-0.4, -0.2) is 11.3 Å². The molecule has 5 aliphatic rings. The van der Waals surface area contributed by atoms with Crippen LogP contribution in [-0.2, 0) is 21.7 Å². The van der Waals surface area contributed by atoms with Crippen molar-refractivity contribution in [1.29, 1.82) is 0 Å². The second-order valence-electron chi connectivity index (χ2n) is 22.0. The summed E-state index contributed by atoms with van der Waals surface area (Å²) in [5.41, 5.74) is 23.0. The van der Waals surface area contributed by atoms with Crippen LogP contribution < -0.4 is 20.6 Å². The molecule has 0 fully saturated rings. The normalized spacial score (nSPS) is 17.6. The second-order valence-corrected chi connectivity index (χ2v) is 23.1. The van der Waals surface area contributed by atoms with E-state index >= 15 is 0 Å². The van der Waals surface area contributed by atoms with E-state index in [1.807, 2.05) is 11.8 Å². The van der Waals surface area contributed by atoms with E-state index in [4.69, 9.17) is 4.74 Å². The molecule has 63 heavy (non-hydrogen) atoms. The third kappa shape index (κ3) is 4.90. The molecule has 0 unspecified atom stereocenters. The van der Waals surface area contributed by atoms with Crippen LogP contribution in [0.2, 0.25) is 0 Å². The van der Waals surface area contributed by atoms with Crippen molar-refractivity contribution in [2.24, 2.45) is 0 Å². The monoisotopic (exact) mass is 836 g/mol. The topological polar surface area (TPSA) is 17.4 Å². The molecule has 0 amide bonds. The van der Waals surface area contributed by atoms with Gasteiger partial charge in [0.1, 0.15) is 11.5 Å². The number of anilines is 3. The van der Waals surface area contributed by atoms with Gasteiger partial charge in [-0.05, 0) is 146 Å². The summed E-state index contributed by atoms with van der Waals surface area (Å²) in [6.07, 6.45) is 2.36. The van der Waals surface area contributed by atoms with Crippen molar-refractivity contribution in [2.45, 2.75) is 114 Å². The van der Waals surface area contributed by atoms with E-state index < -0.39 is 0 Å². The van der Waals surface area contributed by atoms with Crippen molar-refractivity contribution in [3.05, 3.63) is 149 Å². The average Bonchev–Trinajstić information content (AvgIpc) is 3.70. The first-order valence-electron chi connectivity index (χ1n) is 23.0. The van der Waals surface area contributed by atoms with Gasteiger partial charge in [0.25, 0.3) is 0 Å². The highest BCUT2D eigenvalue weighted by atomic mass is 32.2. The lowest BCUT2D eigenvalue weighted by atomic mass is 9.44. The summed E-state index contributed by atoms with van der Waals surface area (Å²) in [5.74, 6) is 1.86. The first-order chi connectivity index (χ1) is 30.0. The average molecular weight is 837 g/mol.